The molecule has 4 nitrogen and oxygen atoms in total. The lowest BCUT2D eigenvalue weighted by molar-refractivity contribution is -0.274. The Balaban J connectivity index is 2.25. The van der Waals surface area contributed by atoms with Gasteiger partial charge in [0.05, 0.1) is 0 Å². The van der Waals surface area contributed by atoms with Gasteiger partial charge in [0.2, 0.25) is 0 Å². The summed E-state index contributed by atoms with van der Waals surface area (Å²) < 4.78 is 42.0. The highest BCUT2D eigenvalue weighted by Crippen LogP contribution is 2.28. The van der Waals surface area contributed by atoms with Crippen molar-refractivity contribution in [1.29, 1.82) is 0 Å². The molecule has 124 valence electrons. The lowest BCUT2D eigenvalue weighted by Gasteiger charge is -2.20. The van der Waals surface area contributed by atoms with Crippen molar-refractivity contribution >= 4 is 11.8 Å². The van der Waals surface area contributed by atoms with Gasteiger partial charge in [0.25, 0.3) is 0 Å². The monoisotopic (exact) mass is 325 g/mol. The number of aromatic nitrogens is 3. The highest BCUT2D eigenvalue weighted by molar-refractivity contribution is 5.70. The minimum atomic E-state index is -4.69. The standard InChI is InChI=1S/C16H18F3N3O/c1-15(2,3)9-13(22-11-20-10-21-22)8-12-4-6-14(7-5-12)23-16(17,18)19/h4-8,10-11H,9H2,1-3H3. The molecule has 0 N–H and O–H groups in total. The van der Waals surface area contributed by atoms with Crippen molar-refractivity contribution in [3.63, 3.8) is 0 Å². The zero-order chi connectivity index (χ0) is 17.1. The van der Waals surface area contributed by atoms with Crippen molar-refractivity contribution in [3.8, 4) is 5.75 Å². The predicted molar refractivity (Wildman–Crippen MR) is 81.4 cm³/mol. The quantitative estimate of drug-likeness (QED) is 0.824. The van der Waals surface area contributed by atoms with Crippen molar-refractivity contribution in [2.75, 3.05) is 0 Å². The maximum absolute atomic E-state index is 12.2. The first-order valence-electron chi connectivity index (χ1n) is 7.04. The van der Waals surface area contributed by atoms with Crippen LogP contribution in [0.4, 0.5) is 13.2 Å². The fraction of sp³-hybridized carbons (Fsp3) is 0.375. The SMILES string of the molecule is CC(C)(C)CC(=Cc1ccc(OC(F)(F)F)cc1)n1cncn1. The van der Waals surface area contributed by atoms with E-state index < -0.39 is 6.36 Å². The van der Waals surface area contributed by atoms with Crippen LogP contribution < -0.4 is 4.74 Å². The molecule has 0 amide bonds. The van der Waals surface area contributed by atoms with E-state index in [9.17, 15) is 13.2 Å². The van der Waals surface area contributed by atoms with Crippen LogP contribution in [0.3, 0.4) is 0 Å². The van der Waals surface area contributed by atoms with Crippen LogP contribution in [0.15, 0.2) is 36.9 Å². The third-order valence-corrected chi connectivity index (χ3v) is 2.87. The molecule has 2 aromatic rings. The molecule has 23 heavy (non-hydrogen) atoms. The highest BCUT2D eigenvalue weighted by Gasteiger charge is 2.30. The van der Waals surface area contributed by atoms with Crippen LogP contribution in [0.2, 0.25) is 0 Å². The van der Waals surface area contributed by atoms with E-state index in [0.29, 0.717) is 0 Å². The second-order valence-corrected chi connectivity index (χ2v) is 6.33. The van der Waals surface area contributed by atoms with E-state index in [4.69, 9.17) is 0 Å². The summed E-state index contributed by atoms with van der Waals surface area (Å²) >= 11 is 0. The van der Waals surface area contributed by atoms with Crippen LogP contribution in [0.1, 0.15) is 32.8 Å². The molecule has 0 atom stereocenters. The number of alkyl halides is 3. The van der Waals surface area contributed by atoms with Crippen molar-refractivity contribution in [1.82, 2.24) is 14.8 Å². The second kappa shape index (κ2) is 6.44. The summed E-state index contributed by atoms with van der Waals surface area (Å²) in [7, 11) is 0. The molecule has 0 radical (unpaired) electrons. The van der Waals surface area contributed by atoms with Gasteiger partial charge in [-0.15, -0.1) is 13.2 Å². The number of benzene rings is 1. The summed E-state index contributed by atoms with van der Waals surface area (Å²) in [6, 6.07) is 5.71. The normalized spacial score (nSPS) is 13.2. The molecule has 0 aliphatic heterocycles. The average molecular weight is 325 g/mol. The number of ether oxygens (including phenoxy) is 1. The van der Waals surface area contributed by atoms with Crippen LogP contribution in [-0.2, 0) is 0 Å². The lowest BCUT2D eigenvalue weighted by atomic mass is 9.90. The molecule has 0 aliphatic rings. The molecule has 0 bridgehead atoms. The summed E-state index contributed by atoms with van der Waals surface area (Å²) in [6.07, 6.45) is 0.958. The maximum atomic E-state index is 12.2. The molecular formula is C16H18F3N3O. The van der Waals surface area contributed by atoms with Gasteiger partial charge in [-0.05, 0) is 35.6 Å². The maximum Gasteiger partial charge on any atom is 0.573 e. The van der Waals surface area contributed by atoms with Crippen LogP contribution in [0.5, 0.6) is 5.75 Å². The predicted octanol–water partition coefficient (Wildman–Crippen LogP) is 4.61. The number of allylic oxidation sites excluding steroid dienone is 1. The van der Waals surface area contributed by atoms with Gasteiger partial charge >= 0.3 is 6.36 Å². The Labute approximate surface area is 132 Å². The van der Waals surface area contributed by atoms with Crippen LogP contribution >= 0.6 is 0 Å². The average Bonchev–Trinajstić information content (AvgIpc) is 2.91. The molecule has 0 aliphatic carbocycles. The summed E-state index contributed by atoms with van der Waals surface area (Å²) in [4.78, 5) is 3.94. The zero-order valence-corrected chi connectivity index (χ0v) is 13.1. The fourth-order valence-corrected chi connectivity index (χ4v) is 2.06. The molecular weight excluding hydrogens is 307 g/mol. The first-order valence-corrected chi connectivity index (χ1v) is 7.04. The van der Waals surface area contributed by atoms with E-state index in [1.807, 2.05) is 6.08 Å². The molecule has 2 rings (SSSR count). The third-order valence-electron chi connectivity index (χ3n) is 2.87. The van der Waals surface area contributed by atoms with E-state index >= 15 is 0 Å². The van der Waals surface area contributed by atoms with Crippen LogP contribution in [0, 0.1) is 5.41 Å². The van der Waals surface area contributed by atoms with Crippen molar-refractivity contribution in [2.24, 2.45) is 5.41 Å². The Hall–Kier alpha value is -2.31. The molecule has 0 fully saturated rings. The van der Waals surface area contributed by atoms with Gasteiger partial charge in [0.1, 0.15) is 18.4 Å². The topological polar surface area (TPSA) is 39.9 Å². The van der Waals surface area contributed by atoms with E-state index in [2.05, 4.69) is 35.6 Å². The van der Waals surface area contributed by atoms with Gasteiger partial charge in [0, 0.05) is 5.70 Å². The summed E-state index contributed by atoms with van der Waals surface area (Å²) in [5, 5.41) is 4.13. The number of hydrogen-bond acceptors (Lipinski definition) is 3. The molecule has 0 unspecified atom stereocenters. The number of rotatable bonds is 4. The fourth-order valence-electron chi connectivity index (χ4n) is 2.06. The van der Waals surface area contributed by atoms with E-state index in [-0.39, 0.29) is 11.2 Å². The molecule has 1 aromatic carbocycles. The molecule has 0 spiro atoms. The van der Waals surface area contributed by atoms with Crippen molar-refractivity contribution < 1.29 is 17.9 Å². The molecule has 0 saturated heterocycles. The van der Waals surface area contributed by atoms with Gasteiger partial charge < -0.3 is 4.74 Å². The Morgan fingerprint density at radius 3 is 2.30 bits per heavy atom. The number of hydrogen-bond donors (Lipinski definition) is 0. The summed E-state index contributed by atoms with van der Waals surface area (Å²) in [6.45, 7) is 6.29. The van der Waals surface area contributed by atoms with Gasteiger partial charge in [-0.2, -0.15) is 5.10 Å². The Morgan fingerprint density at radius 2 is 1.83 bits per heavy atom. The summed E-state index contributed by atoms with van der Waals surface area (Å²) in [5.74, 6) is -0.243. The third kappa shape index (κ3) is 5.77. The number of halogens is 3. The number of nitrogens with zero attached hydrogens (tertiary/aromatic N) is 3. The Morgan fingerprint density at radius 1 is 1.17 bits per heavy atom. The van der Waals surface area contributed by atoms with Gasteiger partial charge in [0.15, 0.2) is 0 Å². The van der Waals surface area contributed by atoms with Gasteiger partial charge in [-0.3, -0.25) is 0 Å². The Bertz CT molecular complexity index is 653. The smallest absolute Gasteiger partial charge is 0.406 e. The first-order chi connectivity index (χ1) is 10.6. The minimum absolute atomic E-state index is 0.0249. The van der Waals surface area contributed by atoms with Crippen molar-refractivity contribution in [3.05, 3.63) is 42.5 Å². The first kappa shape index (κ1) is 17.1. The second-order valence-electron chi connectivity index (χ2n) is 6.33. The van der Waals surface area contributed by atoms with Gasteiger partial charge in [-0.1, -0.05) is 32.9 Å². The van der Waals surface area contributed by atoms with Gasteiger partial charge in [-0.25, -0.2) is 9.67 Å². The largest absolute Gasteiger partial charge is 0.573 e. The molecule has 0 saturated carbocycles. The van der Waals surface area contributed by atoms with E-state index in [1.165, 1.54) is 18.5 Å². The van der Waals surface area contributed by atoms with Crippen molar-refractivity contribution in [2.45, 2.75) is 33.6 Å². The minimum Gasteiger partial charge on any atom is -0.406 e. The van der Waals surface area contributed by atoms with E-state index in [1.54, 1.807) is 23.1 Å². The summed E-state index contributed by atoms with van der Waals surface area (Å²) in [5.41, 5.74) is 1.69. The lowest BCUT2D eigenvalue weighted by Crippen LogP contribution is -2.16. The zero-order valence-electron chi connectivity index (χ0n) is 13.1. The van der Waals surface area contributed by atoms with Crippen LogP contribution in [0.25, 0.3) is 11.8 Å². The Kier molecular flexibility index (Phi) is 4.77. The highest BCUT2D eigenvalue weighted by atomic mass is 19.4. The molecule has 7 heteroatoms. The molecule has 1 aromatic heterocycles. The molecule has 1 heterocycles. The van der Waals surface area contributed by atoms with Crippen LogP contribution in [-0.4, -0.2) is 21.1 Å². The van der Waals surface area contributed by atoms with E-state index in [0.717, 1.165) is 17.7 Å².